The molecule has 0 spiro atoms. The standard InChI is InChI=1S/C67H130O6/c1-4-7-10-13-16-18-20-22-24-26-28-30-31-32-33-34-35-37-38-40-42-44-46-48-51-54-57-60-66(69)72-63-64(62-71-65(68)59-56-53-50-15-12-9-6-3)73-67(70)61-58-55-52-49-47-45-43-41-39-36-29-27-25-23-21-19-17-14-11-8-5-2/h64H,4-63H2,1-3H3. The molecule has 434 valence electrons. The molecule has 0 aromatic heterocycles. The molecule has 1 atom stereocenters. The van der Waals surface area contributed by atoms with E-state index >= 15 is 0 Å². The van der Waals surface area contributed by atoms with E-state index < -0.39 is 6.10 Å². The SMILES string of the molecule is CCCCCCCCCCCCCCCCCCCCCCCCCCCCCC(=O)OCC(COC(=O)CCCCCCCCC)OC(=O)CCCCCCCCCCCCCCCCCCCCCCC. The van der Waals surface area contributed by atoms with Gasteiger partial charge in [0.25, 0.3) is 0 Å². The fraction of sp³-hybridized carbons (Fsp3) is 0.955. The molecule has 0 aliphatic rings. The van der Waals surface area contributed by atoms with Gasteiger partial charge < -0.3 is 14.2 Å². The third-order valence-corrected chi connectivity index (χ3v) is 15.6. The van der Waals surface area contributed by atoms with Gasteiger partial charge in [-0.05, 0) is 19.3 Å². The molecule has 0 aliphatic heterocycles. The Labute approximate surface area is 457 Å². The van der Waals surface area contributed by atoms with Crippen LogP contribution in [0.3, 0.4) is 0 Å². The van der Waals surface area contributed by atoms with Crippen LogP contribution in [-0.4, -0.2) is 37.2 Å². The second-order valence-electron chi connectivity index (χ2n) is 23.1. The van der Waals surface area contributed by atoms with Crippen LogP contribution < -0.4 is 0 Å². The average Bonchev–Trinajstić information content (AvgIpc) is 3.39. The highest BCUT2D eigenvalue weighted by Crippen LogP contribution is 2.19. The van der Waals surface area contributed by atoms with Crippen molar-refractivity contribution in [3.8, 4) is 0 Å². The Hall–Kier alpha value is -1.59. The molecule has 0 N–H and O–H groups in total. The molecule has 0 saturated carbocycles. The largest absolute Gasteiger partial charge is 0.462 e. The van der Waals surface area contributed by atoms with E-state index in [-0.39, 0.29) is 31.1 Å². The van der Waals surface area contributed by atoms with Gasteiger partial charge in [-0.3, -0.25) is 14.4 Å². The summed E-state index contributed by atoms with van der Waals surface area (Å²) in [5.74, 6) is -0.835. The highest BCUT2D eigenvalue weighted by molar-refractivity contribution is 5.71. The minimum atomic E-state index is -0.761. The maximum atomic E-state index is 12.9. The lowest BCUT2D eigenvalue weighted by Gasteiger charge is -2.18. The van der Waals surface area contributed by atoms with Gasteiger partial charge in [0.15, 0.2) is 6.10 Å². The van der Waals surface area contributed by atoms with Gasteiger partial charge in [-0.1, -0.05) is 355 Å². The molecule has 73 heavy (non-hydrogen) atoms. The Morgan fingerprint density at radius 1 is 0.219 bits per heavy atom. The number of hydrogen-bond acceptors (Lipinski definition) is 6. The third-order valence-electron chi connectivity index (χ3n) is 15.6. The molecule has 0 heterocycles. The number of hydrogen-bond donors (Lipinski definition) is 0. The lowest BCUT2D eigenvalue weighted by molar-refractivity contribution is -0.167. The van der Waals surface area contributed by atoms with E-state index in [9.17, 15) is 14.4 Å². The zero-order valence-electron chi connectivity index (χ0n) is 50.0. The summed E-state index contributed by atoms with van der Waals surface area (Å²) < 4.78 is 16.9. The van der Waals surface area contributed by atoms with Crippen molar-refractivity contribution in [2.24, 2.45) is 0 Å². The van der Waals surface area contributed by atoms with Crippen LogP contribution in [0.1, 0.15) is 393 Å². The fourth-order valence-electron chi connectivity index (χ4n) is 10.6. The fourth-order valence-corrected chi connectivity index (χ4v) is 10.6. The Balaban J connectivity index is 4.01. The number of rotatable bonds is 63. The first-order valence-corrected chi connectivity index (χ1v) is 33.5. The van der Waals surface area contributed by atoms with Crippen LogP contribution >= 0.6 is 0 Å². The van der Waals surface area contributed by atoms with Crippen molar-refractivity contribution < 1.29 is 28.6 Å². The molecule has 1 unspecified atom stereocenters. The van der Waals surface area contributed by atoms with Gasteiger partial charge in [-0.2, -0.15) is 0 Å². The number of carbonyl (C=O) groups is 3. The van der Waals surface area contributed by atoms with Gasteiger partial charge in [-0.25, -0.2) is 0 Å². The molecule has 0 radical (unpaired) electrons. The predicted octanol–water partition coefficient (Wildman–Crippen LogP) is 22.7. The first-order valence-electron chi connectivity index (χ1n) is 33.5. The Kier molecular flexibility index (Phi) is 61.6. The Morgan fingerprint density at radius 2 is 0.370 bits per heavy atom. The molecule has 6 heteroatoms. The second-order valence-corrected chi connectivity index (χ2v) is 23.1. The van der Waals surface area contributed by atoms with E-state index in [2.05, 4.69) is 20.8 Å². The molecule has 0 amide bonds. The van der Waals surface area contributed by atoms with Crippen molar-refractivity contribution in [2.45, 2.75) is 399 Å². The van der Waals surface area contributed by atoms with E-state index in [0.717, 1.165) is 57.8 Å². The summed E-state index contributed by atoms with van der Waals surface area (Å²) in [6.45, 7) is 6.69. The summed E-state index contributed by atoms with van der Waals surface area (Å²) >= 11 is 0. The molecule has 0 aliphatic carbocycles. The van der Waals surface area contributed by atoms with E-state index in [1.165, 1.54) is 295 Å². The van der Waals surface area contributed by atoms with Crippen molar-refractivity contribution in [2.75, 3.05) is 13.2 Å². The number of unbranched alkanes of at least 4 members (excludes halogenated alkanes) is 52. The third kappa shape index (κ3) is 61.1. The summed E-state index contributed by atoms with van der Waals surface area (Å²) in [7, 11) is 0. The van der Waals surface area contributed by atoms with Crippen LogP contribution in [0.15, 0.2) is 0 Å². The van der Waals surface area contributed by atoms with E-state index in [4.69, 9.17) is 14.2 Å². The summed E-state index contributed by atoms with van der Waals surface area (Å²) in [6, 6.07) is 0. The van der Waals surface area contributed by atoms with Gasteiger partial charge in [0, 0.05) is 19.3 Å². The highest BCUT2D eigenvalue weighted by Gasteiger charge is 2.19. The minimum absolute atomic E-state index is 0.0614. The first kappa shape index (κ1) is 71.4. The van der Waals surface area contributed by atoms with Gasteiger partial charge in [0.05, 0.1) is 0 Å². The number of ether oxygens (including phenoxy) is 3. The molecule has 0 aromatic carbocycles. The maximum Gasteiger partial charge on any atom is 0.306 e. The molecular formula is C67H130O6. The Bertz CT molecular complexity index is 1090. The van der Waals surface area contributed by atoms with Gasteiger partial charge >= 0.3 is 17.9 Å². The topological polar surface area (TPSA) is 78.9 Å². The van der Waals surface area contributed by atoms with Crippen molar-refractivity contribution in [1.82, 2.24) is 0 Å². The quantitative estimate of drug-likeness (QED) is 0.0343. The summed E-state index contributed by atoms with van der Waals surface area (Å²) in [5, 5.41) is 0. The van der Waals surface area contributed by atoms with Crippen LogP contribution in [0, 0.1) is 0 Å². The van der Waals surface area contributed by atoms with Gasteiger partial charge in [-0.15, -0.1) is 0 Å². The van der Waals surface area contributed by atoms with Crippen LogP contribution in [0.2, 0.25) is 0 Å². The van der Waals surface area contributed by atoms with Crippen LogP contribution in [-0.2, 0) is 28.6 Å². The minimum Gasteiger partial charge on any atom is -0.462 e. The maximum absolute atomic E-state index is 12.9. The van der Waals surface area contributed by atoms with Crippen molar-refractivity contribution in [1.29, 1.82) is 0 Å². The molecule has 6 nitrogen and oxygen atoms in total. The van der Waals surface area contributed by atoms with E-state index in [1.54, 1.807) is 0 Å². The molecule has 0 aromatic rings. The second kappa shape index (κ2) is 62.9. The monoisotopic (exact) mass is 1030 g/mol. The van der Waals surface area contributed by atoms with Crippen LogP contribution in [0.4, 0.5) is 0 Å². The van der Waals surface area contributed by atoms with Crippen molar-refractivity contribution in [3.05, 3.63) is 0 Å². The molecular weight excluding hydrogens is 901 g/mol. The number of esters is 3. The van der Waals surface area contributed by atoms with Crippen molar-refractivity contribution >= 4 is 17.9 Å². The van der Waals surface area contributed by atoms with Crippen molar-refractivity contribution in [3.63, 3.8) is 0 Å². The summed E-state index contributed by atoms with van der Waals surface area (Å²) in [6.07, 6.45) is 73.0. The van der Waals surface area contributed by atoms with Gasteiger partial charge in [0.1, 0.15) is 13.2 Å². The summed E-state index contributed by atoms with van der Waals surface area (Å²) in [4.78, 5) is 38.1. The first-order chi connectivity index (χ1) is 36.0. The molecule has 0 rings (SSSR count). The van der Waals surface area contributed by atoms with Crippen LogP contribution in [0.5, 0.6) is 0 Å². The zero-order valence-corrected chi connectivity index (χ0v) is 50.0. The summed E-state index contributed by atoms with van der Waals surface area (Å²) in [5.41, 5.74) is 0. The zero-order chi connectivity index (χ0) is 52.9. The molecule has 0 bridgehead atoms. The lowest BCUT2D eigenvalue weighted by Crippen LogP contribution is -2.30. The van der Waals surface area contributed by atoms with Gasteiger partial charge in [0.2, 0.25) is 0 Å². The van der Waals surface area contributed by atoms with E-state index in [1.807, 2.05) is 0 Å². The molecule has 0 saturated heterocycles. The smallest absolute Gasteiger partial charge is 0.306 e. The predicted molar refractivity (Wildman–Crippen MR) is 317 cm³/mol. The average molecular weight is 1030 g/mol. The van der Waals surface area contributed by atoms with Crippen LogP contribution in [0.25, 0.3) is 0 Å². The molecule has 0 fully saturated rings. The van der Waals surface area contributed by atoms with E-state index in [0.29, 0.717) is 19.3 Å². The highest BCUT2D eigenvalue weighted by atomic mass is 16.6. The number of carbonyl (C=O) groups excluding carboxylic acids is 3. The normalized spacial score (nSPS) is 11.9. The Morgan fingerprint density at radius 3 is 0.548 bits per heavy atom. The lowest BCUT2D eigenvalue weighted by atomic mass is 10.0.